The van der Waals surface area contributed by atoms with Crippen LogP contribution in [0.3, 0.4) is 0 Å². The zero-order valence-electron chi connectivity index (χ0n) is 21.1. The summed E-state index contributed by atoms with van der Waals surface area (Å²) in [6, 6.07) is 18.4. The summed E-state index contributed by atoms with van der Waals surface area (Å²) in [4.78, 5) is 19.0. The van der Waals surface area contributed by atoms with Crippen molar-refractivity contribution >= 4 is 28.4 Å². The molecule has 2 N–H and O–H groups in total. The molecular formula is C28H36N4O3. The molecule has 0 aliphatic carbocycles. The van der Waals surface area contributed by atoms with Crippen LogP contribution in [0.25, 0.3) is 10.9 Å². The van der Waals surface area contributed by atoms with Gasteiger partial charge in [0.15, 0.2) is 0 Å². The summed E-state index contributed by atoms with van der Waals surface area (Å²) in [6.07, 6.45) is 1.50. The molecule has 0 saturated carbocycles. The van der Waals surface area contributed by atoms with Crippen molar-refractivity contribution in [3.63, 3.8) is 0 Å². The summed E-state index contributed by atoms with van der Waals surface area (Å²) >= 11 is 0. The number of para-hydroxylation sites is 1. The van der Waals surface area contributed by atoms with Crippen molar-refractivity contribution in [2.24, 2.45) is 0 Å². The van der Waals surface area contributed by atoms with E-state index in [0.717, 1.165) is 66.2 Å². The molecule has 3 aromatic rings. The predicted octanol–water partition coefficient (Wildman–Crippen LogP) is 5.65. The van der Waals surface area contributed by atoms with Crippen LogP contribution in [0.4, 0.5) is 16.2 Å². The number of carbonyl (C=O) groups excluding carboxylic acids is 1. The zero-order valence-corrected chi connectivity index (χ0v) is 21.1. The highest BCUT2D eigenvalue weighted by atomic mass is 16.6. The van der Waals surface area contributed by atoms with Crippen molar-refractivity contribution in [3.05, 3.63) is 60.3 Å². The topological polar surface area (TPSA) is 75.7 Å². The first-order chi connectivity index (χ1) is 16.7. The third kappa shape index (κ3) is 7.33. The largest absolute Gasteiger partial charge is 0.492 e. The van der Waals surface area contributed by atoms with Gasteiger partial charge in [-0.05, 0) is 64.8 Å². The number of nitrogens with zero attached hydrogens (tertiary/aromatic N) is 2. The molecule has 1 amide bonds. The van der Waals surface area contributed by atoms with E-state index in [1.54, 1.807) is 0 Å². The van der Waals surface area contributed by atoms with Gasteiger partial charge < -0.3 is 20.1 Å². The van der Waals surface area contributed by atoms with Gasteiger partial charge in [-0.15, -0.1) is 0 Å². The highest BCUT2D eigenvalue weighted by Gasteiger charge is 2.23. The van der Waals surface area contributed by atoms with Gasteiger partial charge in [0.25, 0.3) is 0 Å². The number of anilines is 2. The highest BCUT2D eigenvalue weighted by Crippen LogP contribution is 2.28. The number of nitrogens with one attached hydrogen (secondary N) is 2. The van der Waals surface area contributed by atoms with Crippen LogP contribution in [0.2, 0.25) is 0 Å². The smallest absolute Gasteiger partial charge is 0.407 e. The number of hydrogen-bond acceptors (Lipinski definition) is 6. The molecule has 186 valence electrons. The van der Waals surface area contributed by atoms with Crippen LogP contribution < -0.4 is 15.4 Å². The van der Waals surface area contributed by atoms with Gasteiger partial charge in [0.05, 0.1) is 5.52 Å². The van der Waals surface area contributed by atoms with Crippen molar-refractivity contribution in [3.8, 4) is 5.75 Å². The van der Waals surface area contributed by atoms with Gasteiger partial charge in [-0.1, -0.05) is 24.3 Å². The first-order valence-electron chi connectivity index (χ1n) is 12.3. The maximum Gasteiger partial charge on any atom is 0.407 e. The number of alkyl carbamates (subject to hydrolysis) is 1. The Balaban J connectivity index is 1.25. The Morgan fingerprint density at radius 1 is 1.09 bits per heavy atom. The lowest BCUT2D eigenvalue weighted by Crippen LogP contribution is -2.46. The standard InChI is InChI=1S/C28H36N4O3/c1-20-18-26(24-10-5-6-11-25(24)29-20)30-22-8-7-9-23(19-22)34-17-16-32-14-12-21(13-15-32)31-27(33)35-28(2,3)4/h5-11,18-19,21H,12-17H2,1-4H3,(H,29,30)(H,31,33). The maximum atomic E-state index is 12.0. The quantitative estimate of drug-likeness (QED) is 0.459. The van der Waals surface area contributed by atoms with Crippen LogP contribution >= 0.6 is 0 Å². The first-order valence-corrected chi connectivity index (χ1v) is 12.3. The predicted molar refractivity (Wildman–Crippen MR) is 141 cm³/mol. The van der Waals surface area contributed by atoms with Crippen LogP contribution in [0, 0.1) is 6.92 Å². The molecule has 0 bridgehead atoms. The van der Waals surface area contributed by atoms with Gasteiger partial charge in [0.2, 0.25) is 0 Å². The number of pyridine rings is 1. The van der Waals surface area contributed by atoms with Gasteiger partial charge in [-0.2, -0.15) is 0 Å². The minimum atomic E-state index is -0.472. The Labute approximate surface area is 207 Å². The van der Waals surface area contributed by atoms with Crippen LogP contribution in [-0.4, -0.2) is 53.9 Å². The third-order valence-corrected chi connectivity index (χ3v) is 5.94. The maximum absolute atomic E-state index is 12.0. The van der Waals surface area contributed by atoms with Crippen LogP contribution in [0.5, 0.6) is 5.75 Å². The summed E-state index contributed by atoms with van der Waals surface area (Å²) in [6.45, 7) is 11.0. The number of carbonyl (C=O) groups is 1. The summed E-state index contributed by atoms with van der Waals surface area (Å²) in [5.41, 5.74) is 3.50. The molecule has 0 spiro atoms. The number of fused-ring (bicyclic) bond motifs is 1. The minimum absolute atomic E-state index is 0.165. The molecule has 1 aliphatic rings. The van der Waals surface area contributed by atoms with Crippen molar-refractivity contribution in [2.75, 3.05) is 31.6 Å². The first kappa shape index (κ1) is 24.8. The van der Waals surface area contributed by atoms with Crippen LogP contribution in [0.1, 0.15) is 39.3 Å². The Bertz CT molecular complexity index is 1150. The Kier molecular flexibility index (Phi) is 7.76. The highest BCUT2D eigenvalue weighted by molar-refractivity contribution is 5.93. The van der Waals surface area contributed by atoms with E-state index in [9.17, 15) is 4.79 Å². The molecule has 7 nitrogen and oxygen atoms in total. The van der Waals surface area contributed by atoms with Crippen molar-refractivity contribution in [1.82, 2.24) is 15.2 Å². The molecule has 1 aromatic heterocycles. The molecule has 4 rings (SSSR count). The van der Waals surface area contributed by atoms with Crippen LogP contribution in [0.15, 0.2) is 54.6 Å². The van der Waals surface area contributed by atoms with E-state index >= 15 is 0 Å². The Morgan fingerprint density at radius 2 is 1.86 bits per heavy atom. The fourth-order valence-corrected chi connectivity index (χ4v) is 4.30. The van der Waals surface area contributed by atoms with Crippen LogP contribution in [-0.2, 0) is 4.74 Å². The van der Waals surface area contributed by atoms with Gasteiger partial charge in [-0.3, -0.25) is 9.88 Å². The number of piperidine rings is 1. The average Bonchev–Trinajstić information content (AvgIpc) is 2.79. The SMILES string of the molecule is Cc1cc(Nc2cccc(OCCN3CCC(NC(=O)OC(C)(C)C)CC3)c2)c2ccccc2n1. The van der Waals surface area contributed by atoms with E-state index in [1.165, 1.54) is 0 Å². The number of rotatable bonds is 7. The van der Waals surface area contributed by atoms with Gasteiger partial charge in [-0.25, -0.2) is 4.79 Å². The fraction of sp³-hybridized carbons (Fsp3) is 0.429. The fourth-order valence-electron chi connectivity index (χ4n) is 4.30. The number of aromatic nitrogens is 1. The van der Waals surface area contributed by atoms with Gasteiger partial charge in [0.1, 0.15) is 18.0 Å². The van der Waals surface area contributed by atoms with E-state index in [2.05, 4.69) is 32.7 Å². The number of hydrogen-bond donors (Lipinski definition) is 2. The van der Waals surface area contributed by atoms with E-state index in [-0.39, 0.29) is 12.1 Å². The number of likely N-dealkylation sites (tertiary alicyclic amines) is 1. The number of amides is 1. The second-order valence-electron chi connectivity index (χ2n) is 10.1. The lowest BCUT2D eigenvalue weighted by atomic mass is 10.1. The van der Waals surface area contributed by atoms with E-state index in [1.807, 2.05) is 70.2 Å². The monoisotopic (exact) mass is 476 g/mol. The van der Waals surface area contributed by atoms with E-state index in [0.29, 0.717) is 6.61 Å². The average molecular weight is 477 g/mol. The van der Waals surface area contributed by atoms with Gasteiger partial charge >= 0.3 is 6.09 Å². The summed E-state index contributed by atoms with van der Waals surface area (Å²) in [5.74, 6) is 0.839. The second kappa shape index (κ2) is 11.0. The molecule has 0 atom stereocenters. The lowest BCUT2D eigenvalue weighted by molar-refractivity contribution is 0.0476. The molecule has 35 heavy (non-hydrogen) atoms. The molecule has 7 heteroatoms. The molecule has 2 aromatic carbocycles. The minimum Gasteiger partial charge on any atom is -0.492 e. The van der Waals surface area contributed by atoms with Gasteiger partial charge in [0, 0.05) is 54.2 Å². The number of benzene rings is 2. The molecule has 1 saturated heterocycles. The molecular weight excluding hydrogens is 440 g/mol. The second-order valence-corrected chi connectivity index (χ2v) is 10.1. The molecule has 1 fully saturated rings. The summed E-state index contributed by atoms with van der Waals surface area (Å²) in [7, 11) is 0. The Morgan fingerprint density at radius 3 is 2.63 bits per heavy atom. The van der Waals surface area contributed by atoms with E-state index < -0.39 is 5.60 Å². The normalized spacial score (nSPS) is 15.1. The summed E-state index contributed by atoms with van der Waals surface area (Å²) < 4.78 is 11.4. The third-order valence-electron chi connectivity index (χ3n) is 5.94. The Hall–Kier alpha value is -3.32. The zero-order chi connectivity index (χ0) is 24.8. The molecule has 0 radical (unpaired) electrons. The lowest BCUT2D eigenvalue weighted by Gasteiger charge is -2.32. The number of ether oxygens (including phenoxy) is 2. The van der Waals surface area contributed by atoms with E-state index in [4.69, 9.17) is 9.47 Å². The summed E-state index contributed by atoms with van der Waals surface area (Å²) in [5, 5.41) is 7.61. The van der Waals surface area contributed by atoms with Crippen molar-refractivity contribution in [2.45, 2.75) is 52.2 Å². The van der Waals surface area contributed by atoms with Crippen molar-refractivity contribution < 1.29 is 14.3 Å². The van der Waals surface area contributed by atoms with Crippen molar-refractivity contribution in [1.29, 1.82) is 0 Å². The number of aryl methyl sites for hydroxylation is 1. The molecule has 1 aliphatic heterocycles. The molecule has 2 heterocycles. The molecule has 0 unspecified atom stereocenters.